The lowest BCUT2D eigenvalue weighted by atomic mass is 9.78. The number of ether oxygens (including phenoxy) is 1. The minimum Gasteiger partial charge on any atom is -0.497 e. The number of anilines is 1. The summed E-state index contributed by atoms with van der Waals surface area (Å²) in [6.45, 7) is 4.80. The molecule has 0 radical (unpaired) electrons. The first-order valence-corrected chi connectivity index (χ1v) is 9.37. The van der Waals surface area contributed by atoms with E-state index in [1.54, 1.807) is 7.11 Å². The van der Waals surface area contributed by atoms with Gasteiger partial charge in [-0.3, -0.25) is 9.69 Å². The number of benzene rings is 1. The van der Waals surface area contributed by atoms with Gasteiger partial charge in [-0.2, -0.15) is 0 Å². The first-order chi connectivity index (χ1) is 12.4. The van der Waals surface area contributed by atoms with E-state index in [1.165, 1.54) is 0 Å². The molecule has 1 aliphatic heterocycles. The molecule has 1 unspecified atom stereocenters. The largest absolute Gasteiger partial charge is 0.497 e. The molecule has 6 heteroatoms. The van der Waals surface area contributed by atoms with Crippen molar-refractivity contribution >= 4 is 11.6 Å². The van der Waals surface area contributed by atoms with Crippen molar-refractivity contribution in [3.05, 3.63) is 24.3 Å². The van der Waals surface area contributed by atoms with Crippen molar-refractivity contribution in [2.45, 2.75) is 32.2 Å². The average molecular weight is 364 g/mol. The van der Waals surface area contributed by atoms with Crippen LogP contribution in [-0.2, 0) is 4.79 Å². The predicted molar refractivity (Wildman–Crippen MR) is 105 cm³/mol. The molecule has 6 nitrogen and oxygen atoms in total. The highest BCUT2D eigenvalue weighted by atomic mass is 16.5. The Hall–Kier alpha value is -1.63. The summed E-state index contributed by atoms with van der Waals surface area (Å²) in [7, 11) is 5.71. The van der Waals surface area contributed by atoms with Gasteiger partial charge in [0.25, 0.3) is 0 Å². The molecule has 1 aliphatic rings. The Morgan fingerprint density at radius 3 is 2.38 bits per heavy atom. The normalized spacial score (nSPS) is 18.5. The van der Waals surface area contributed by atoms with E-state index in [1.807, 2.05) is 45.3 Å². The maximum absolute atomic E-state index is 12.8. The molecule has 1 heterocycles. The van der Waals surface area contributed by atoms with E-state index >= 15 is 0 Å². The van der Waals surface area contributed by atoms with E-state index in [2.05, 4.69) is 15.1 Å². The van der Waals surface area contributed by atoms with Crippen LogP contribution in [0.1, 0.15) is 26.2 Å². The third-order valence-corrected chi connectivity index (χ3v) is 5.33. The summed E-state index contributed by atoms with van der Waals surface area (Å²) in [5.41, 5.74) is 0.730. The molecule has 0 aliphatic carbocycles. The number of methoxy groups -OCH3 is 1. The van der Waals surface area contributed by atoms with E-state index in [9.17, 15) is 9.90 Å². The quantitative estimate of drug-likeness (QED) is 0.740. The van der Waals surface area contributed by atoms with Crippen molar-refractivity contribution in [3.8, 4) is 5.75 Å². The minimum absolute atomic E-state index is 0.0294. The lowest BCUT2D eigenvalue weighted by Crippen LogP contribution is -2.52. The lowest BCUT2D eigenvalue weighted by Gasteiger charge is -2.44. The van der Waals surface area contributed by atoms with Crippen molar-refractivity contribution in [2.75, 3.05) is 52.8 Å². The van der Waals surface area contributed by atoms with E-state index < -0.39 is 0 Å². The number of aliphatic hydroxyl groups is 1. The molecule has 1 atom stereocenters. The Bertz CT molecular complexity index is 566. The lowest BCUT2D eigenvalue weighted by molar-refractivity contribution is -0.122. The minimum atomic E-state index is -0.145. The van der Waals surface area contributed by atoms with E-state index in [0.29, 0.717) is 0 Å². The van der Waals surface area contributed by atoms with E-state index in [0.717, 1.165) is 50.3 Å². The van der Waals surface area contributed by atoms with Gasteiger partial charge in [0, 0.05) is 17.6 Å². The van der Waals surface area contributed by atoms with Crippen molar-refractivity contribution in [3.63, 3.8) is 0 Å². The Labute approximate surface area is 157 Å². The fourth-order valence-electron chi connectivity index (χ4n) is 3.86. The molecule has 1 aromatic carbocycles. The van der Waals surface area contributed by atoms with Crippen LogP contribution in [0.25, 0.3) is 0 Å². The highest BCUT2D eigenvalue weighted by Crippen LogP contribution is 2.33. The second-order valence-corrected chi connectivity index (χ2v) is 7.57. The Morgan fingerprint density at radius 2 is 1.92 bits per heavy atom. The Kier molecular flexibility index (Phi) is 7.43. The molecule has 146 valence electrons. The first kappa shape index (κ1) is 20.7. The molecular formula is C20H33N3O3. The standard InChI is InChI=1S/C20H33N3O3/c1-5-18(19(25)21-16-6-8-17(26-4)9-7-16)23-12-10-20(15-24,11-13-23)14-22(2)3/h6-9,18,24H,5,10-15H2,1-4H3,(H,21,25). The van der Waals surface area contributed by atoms with Gasteiger partial charge in [0.2, 0.25) is 5.91 Å². The molecule has 26 heavy (non-hydrogen) atoms. The fourth-order valence-corrected chi connectivity index (χ4v) is 3.86. The number of piperidine rings is 1. The van der Waals surface area contributed by atoms with Crippen molar-refractivity contribution < 1.29 is 14.6 Å². The third-order valence-electron chi connectivity index (χ3n) is 5.33. The van der Waals surface area contributed by atoms with Crippen molar-refractivity contribution in [2.24, 2.45) is 5.41 Å². The molecular weight excluding hydrogens is 330 g/mol. The van der Waals surface area contributed by atoms with Crippen LogP contribution in [0.15, 0.2) is 24.3 Å². The summed E-state index contributed by atoms with van der Waals surface area (Å²) in [6, 6.07) is 7.25. The zero-order valence-electron chi connectivity index (χ0n) is 16.5. The van der Waals surface area contributed by atoms with Crippen LogP contribution in [0.3, 0.4) is 0 Å². The fraction of sp³-hybridized carbons (Fsp3) is 0.650. The van der Waals surface area contributed by atoms with Crippen LogP contribution >= 0.6 is 0 Å². The van der Waals surface area contributed by atoms with Gasteiger partial charge in [-0.1, -0.05) is 6.92 Å². The van der Waals surface area contributed by atoms with Gasteiger partial charge < -0.3 is 20.1 Å². The molecule has 1 saturated heterocycles. The van der Waals surface area contributed by atoms with Crippen LogP contribution in [-0.4, -0.2) is 74.3 Å². The number of carbonyl (C=O) groups is 1. The number of nitrogens with zero attached hydrogens (tertiary/aromatic N) is 2. The van der Waals surface area contributed by atoms with Gasteiger partial charge in [0.15, 0.2) is 0 Å². The number of aliphatic hydroxyl groups excluding tert-OH is 1. The summed E-state index contributed by atoms with van der Waals surface area (Å²) >= 11 is 0. The van der Waals surface area contributed by atoms with Gasteiger partial charge in [-0.25, -0.2) is 0 Å². The second-order valence-electron chi connectivity index (χ2n) is 7.57. The summed E-state index contributed by atoms with van der Waals surface area (Å²) in [5.74, 6) is 0.800. The molecule has 2 rings (SSSR count). The number of hydrogen-bond donors (Lipinski definition) is 2. The molecule has 1 fully saturated rings. The zero-order valence-corrected chi connectivity index (χ0v) is 16.5. The van der Waals surface area contributed by atoms with Gasteiger partial charge in [-0.15, -0.1) is 0 Å². The predicted octanol–water partition coefficient (Wildman–Crippen LogP) is 2.05. The topological polar surface area (TPSA) is 65.0 Å². The van der Waals surface area contributed by atoms with Crippen LogP contribution in [0.2, 0.25) is 0 Å². The van der Waals surface area contributed by atoms with Crippen LogP contribution in [0.5, 0.6) is 5.75 Å². The van der Waals surface area contributed by atoms with Crippen LogP contribution in [0.4, 0.5) is 5.69 Å². The maximum atomic E-state index is 12.8. The molecule has 0 saturated carbocycles. The number of hydrogen-bond acceptors (Lipinski definition) is 5. The Morgan fingerprint density at radius 1 is 1.31 bits per heavy atom. The molecule has 0 aromatic heterocycles. The summed E-state index contributed by atoms with van der Waals surface area (Å²) in [6.07, 6.45) is 2.59. The van der Waals surface area contributed by atoms with Gasteiger partial charge >= 0.3 is 0 Å². The maximum Gasteiger partial charge on any atom is 0.241 e. The summed E-state index contributed by atoms with van der Waals surface area (Å²) < 4.78 is 5.15. The van der Waals surface area contributed by atoms with Crippen LogP contribution < -0.4 is 10.1 Å². The van der Waals surface area contributed by atoms with Crippen molar-refractivity contribution in [1.82, 2.24) is 9.80 Å². The van der Waals surface area contributed by atoms with Crippen molar-refractivity contribution in [1.29, 1.82) is 0 Å². The molecule has 1 amide bonds. The summed E-state index contributed by atoms with van der Waals surface area (Å²) in [4.78, 5) is 17.2. The molecule has 1 aromatic rings. The average Bonchev–Trinajstić information content (AvgIpc) is 2.64. The number of rotatable bonds is 8. The highest BCUT2D eigenvalue weighted by molar-refractivity contribution is 5.94. The zero-order chi connectivity index (χ0) is 19.2. The highest BCUT2D eigenvalue weighted by Gasteiger charge is 2.37. The van der Waals surface area contributed by atoms with Crippen LogP contribution in [0, 0.1) is 5.41 Å². The van der Waals surface area contributed by atoms with E-state index in [-0.39, 0.29) is 24.0 Å². The number of carbonyl (C=O) groups excluding carboxylic acids is 1. The second kappa shape index (κ2) is 9.35. The first-order valence-electron chi connectivity index (χ1n) is 9.37. The SMILES string of the molecule is CCC(C(=O)Nc1ccc(OC)cc1)N1CCC(CO)(CN(C)C)CC1. The molecule has 0 spiro atoms. The van der Waals surface area contributed by atoms with Gasteiger partial charge in [0.05, 0.1) is 19.8 Å². The molecule has 0 bridgehead atoms. The smallest absolute Gasteiger partial charge is 0.241 e. The monoisotopic (exact) mass is 363 g/mol. The number of likely N-dealkylation sites (tertiary alicyclic amines) is 1. The third kappa shape index (κ3) is 5.19. The molecule has 2 N–H and O–H groups in total. The number of nitrogens with one attached hydrogen (secondary N) is 1. The summed E-state index contributed by atoms with van der Waals surface area (Å²) in [5, 5.41) is 12.9. The van der Waals surface area contributed by atoms with Gasteiger partial charge in [-0.05, 0) is 70.7 Å². The Balaban J connectivity index is 1.96. The van der Waals surface area contributed by atoms with E-state index in [4.69, 9.17) is 4.74 Å². The van der Waals surface area contributed by atoms with Gasteiger partial charge in [0.1, 0.15) is 5.75 Å². The number of amides is 1.